The number of ether oxygens (including phenoxy) is 4. The molecule has 2 aromatic carbocycles. The first-order chi connectivity index (χ1) is 18.2. The lowest BCUT2D eigenvalue weighted by molar-refractivity contribution is 0.0518. The molecule has 0 unspecified atom stereocenters. The van der Waals surface area contributed by atoms with Crippen molar-refractivity contribution in [1.82, 2.24) is 9.55 Å². The maximum Gasteiger partial charge on any atom is 0.357 e. The summed E-state index contributed by atoms with van der Waals surface area (Å²) in [4.78, 5) is 17.2. The van der Waals surface area contributed by atoms with E-state index < -0.39 is 14.0 Å². The van der Waals surface area contributed by atoms with Gasteiger partial charge in [-0.1, -0.05) is 50.0 Å². The molecule has 0 aliphatic carbocycles. The smallest absolute Gasteiger partial charge is 0.357 e. The summed E-state index contributed by atoms with van der Waals surface area (Å²) in [6, 6.07) is 20.4. The average Bonchev–Trinajstić information content (AvgIpc) is 3.17. The fourth-order valence-electron chi connectivity index (χ4n) is 4.32. The Morgan fingerprint density at radius 1 is 1.03 bits per heavy atom. The largest absolute Gasteiger partial charge is 0.480 e. The molecule has 0 radical (unpaired) electrons. The summed E-state index contributed by atoms with van der Waals surface area (Å²) in [5, 5.41) is 1.63. The minimum Gasteiger partial charge on any atom is -0.480 e. The van der Waals surface area contributed by atoms with Gasteiger partial charge in [0.25, 0.3) is 0 Å². The first-order valence-corrected chi connectivity index (χ1v) is 16.6. The molecule has 2 aromatic heterocycles. The number of para-hydroxylation sites is 2. The van der Waals surface area contributed by atoms with Crippen LogP contribution in [0, 0.1) is 6.92 Å². The van der Waals surface area contributed by atoms with Crippen LogP contribution in [0.2, 0.25) is 25.7 Å². The molecule has 0 spiro atoms. The molecule has 0 fully saturated rings. The van der Waals surface area contributed by atoms with Crippen LogP contribution in [0.4, 0.5) is 0 Å². The van der Waals surface area contributed by atoms with Gasteiger partial charge in [-0.15, -0.1) is 0 Å². The number of esters is 1. The van der Waals surface area contributed by atoms with Gasteiger partial charge in [-0.3, -0.25) is 0 Å². The Bertz CT molecular complexity index is 1410. The Morgan fingerprint density at radius 2 is 1.74 bits per heavy atom. The van der Waals surface area contributed by atoms with Crippen LogP contribution in [0.1, 0.15) is 23.1 Å². The van der Waals surface area contributed by atoms with Gasteiger partial charge in [0.1, 0.15) is 18.2 Å². The van der Waals surface area contributed by atoms with Crippen LogP contribution < -0.4 is 9.47 Å². The molecule has 0 saturated carbocycles. The molecule has 4 rings (SSSR count). The van der Waals surface area contributed by atoms with Gasteiger partial charge in [0, 0.05) is 31.3 Å². The third-order valence-electron chi connectivity index (χ3n) is 6.29. The van der Waals surface area contributed by atoms with Crippen LogP contribution in [0.5, 0.6) is 17.4 Å². The summed E-state index contributed by atoms with van der Waals surface area (Å²) in [6.45, 7) is 12.1. The van der Waals surface area contributed by atoms with Crippen molar-refractivity contribution in [2.75, 3.05) is 20.3 Å². The molecule has 4 aromatic rings. The molecule has 0 aliphatic rings. The Labute approximate surface area is 225 Å². The van der Waals surface area contributed by atoms with E-state index in [9.17, 15) is 4.79 Å². The Morgan fingerprint density at radius 3 is 2.42 bits per heavy atom. The van der Waals surface area contributed by atoms with E-state index >= 15 is 0 Å². The predicted molar refractivity (Wildman–Crippen MR) is 153 cm³/mol. The van der Waals surface area contributed by atoms with E-state index in [1.807, 2.05) is 61.5 Å². The summed E-state index contributed by atoms with van der Waals surface area (Å²) >= 11 is 0. The summed E-state index contributed by atoms with van der Waals surface area (Å²) in [5.74, 6) is 1.29. The lowest BCUT2D eigenvalue weighted by atomic mass is 10.1. The number of rotatable bonds is 11. The molecule has 38 heavy (non-hydrogen) atoms. The van der Waals surface area contributed by atoms with Crippen molar-refractivity contribution in [3.63, 3.8) is 0 Å². The number of aromatic nitrogens is 2. The monoisotopic (exact) mass is 532 g/mol. The molecule has 7 nitrogen and oxygen atoms in total. The number of pyridine rings is 1. The normalized spacial score (nSPS) is 11.5. The Balaban J connectivity index is 1.91. The summed E-state index contributed by atoms with van der Waals surface area (Å²) < 4.78 is 25.6. The molecule has 0 aliphatic heterocycles. The van der Waals surface area contributed by atoms with Crippen LogP contribution in [-0.2, 0) is 16.2 Å². The van der Waals surface area contributed by atoms with Gasteiger partial charge in [-0.2, -0.15) is 0 Å². The highest BCUT2D eigenvalue weighted by Gasteiger charge is 2.25. The first kappa shape index (κ1) is 27.4. The van der Waals surface area contributed by atoms with E-state index in [1.54, 1.807) is 20.1 Å². The highest BCUT2D eigenvalue weighted by Crippen LogP contribution is 2.42. The second-order valence-electron chi connectivity index (χ2n) is 10.3. The van der Waals surface area contributed by atoms with Crippen molar-refractivity contribution in [3.8, 4) is 28.6 Å². The van der Waals surface area contributed by atoms with Crippen molar-refractivity contribution < 1.29 is 23.7 Å². The fraction of sp³-hybridized carbons (Fsp3) is 0.333. The molecule has 200 valence electrons. The molecule has 0 bridgehead atoms. The highest BCUT2D eigenvalue weighted by atomic mass is 28.3. The third-order valence-corrected chi connectivity index (χ3v) is 7.99. The van der Waals surface area contributed by atoms with Gasteiger partial charge in [0.2, 0.25) is 5.88 Å². The van der Waals surface area contributed by atoms with Gasteiger partial charge >= 0.3 is 5.97 Å². The lowest BCUT2D eigenvalue weighted by Crippen LogP contribution is -2.22. The Kier molecular flexibility index (Phi) is 8.54. The summed E-state index contributed by atoms with van der Waals surface area (Å²) in [5.41, 5.74) is 2.85. The van der Waals surface area contributed by atoms with Crippen molar-refractivity contribution >= 4 is 24.8 Å². The first-order valence-electron chi connectivity index (χ1n) is 12.9. The molecule has 2 heterocycles. The number of carbonyl (C=O) groups excluding carboxylic acids is 1. The van der Waals surface area contributed by atoms with Crippen LogP contribution in [0.15, 0.2) is 60.7 Å². The van der Waals surface area contributed by atoms with Gasteiger partial charge in [-0.05, 0) is 50.2 Å². The number of nitrogens with zero attached hydrogens (tertiary/aromatic N) is 2. The average molecular weight is 533 g/mol. The van der Waals surface area contributed by atoms with E-state index in [4.69, 9.17) is 18.9 Å². The van der Waals surface area contributed by atoms with E-state index in [1.165, 1.54) is 0 Å². The SMILES string of the molecule is CCOC(=O)c1cc2c(-c3ccccc3Oc3ccccc3)n(COCC[Si](C)(C)C)c(C)c2c(OC)n1. The summed E-state index contributed by atoms with van der Waals surface area (Å²) in [7, 11) is 0.311. The summed E-state index contributed by atoms with van der Waals surface area (Å²) in [6.07, 6.45) is 0. The minimum absolute atomic E-state index is 0.190. The fourth-order valence-corrected chi connectivity index (χ4v) is 5.07. The standard InChI is InChI=1S/C30H36N2O5Si/c1-7-36-30(33)25-19-24-27(29(31-25)34-3)21(2)32(20-35-17-18-38(4,5)6)28(24)23-15-11-12-16-26(23)37-22-13-9-8-10-14-22/h8-16,19H,7,17-18,20H2,1-6H3. The van der Waals surface area contributed by atoms with Gasteiger partial charge in [-0.25, -0.2) is 9.78 Å². The zero-order valence-corrected chi connectivity index (χ0v) is 24.0. The molecular weight excluding hydrogens is 496 g/mol. The second kappa shape index (κ2) is 11.8. The Hall–Kier alpha value is -3.62. The van der Waals surface area contributed by atoms with Crippen molar-refractivity contribution in [1.29, 1.82) is 0 Å². The predicted octanol–water partition coefficient (Wildman–Crippen LogP) is 7.30. The van der Waals surface area contributed by atoms with Crippen LogP contribution >= 0.6 is 0 Å². The zero-order chi connectivity index (χ0) is 27.3. The second-order valence-corrected chi connectivity index (χ2v) is 15.9. The molecule has 8 heteroatoms. The maximum atomic E-state index is 12.7. The van der Waals surface area contributed by atoms with E-state index in [-0.39, 0.29) is 12.3 Å². The van der Waals surface area contributed by atoms with Gasteiger partial charge in [0.05, 0.1) is 24.8 Å². The molecule has 0 amide bonds. The maximum absolute atomic E-state index is 12.7. The van der Waals surface area contributed by atoms with E-state index in [2.05, 4.69) is 29.2 Å². The van der Waals surface area contributed by atoms with E-state index in [0.29, 0.717) is 25.0 Å². The zero-order valence-electron chi connectivity index (χ0n) is 23.0. The third kappa shape index (κ3) is 6.08. The quantitative estimate of drug-likeness (QED) is 0.115. The van der Waals surface area contributed by atoms with Gasteiger partial charge in [0.15, 0.2) is 5.69 Å². The number of methoxy groups -OCH3 is 1. The van der Waals surface area contributed by atoms with Crippen molar-refractivity contribution in [2.45, 2.75) is 46.3 Å². The molecular formula is C30H36N2O5Si. The minimum atomic E-state index is -1.25. The number of aryl methyl sites for hydroxylation is 1. The van der Waals surface area contributed by atoms with Crippen molar-refractivity contribution in [3.05, 3.63) is 72.1 Å². The molecule has 0 atom stereocenters. The number of hydrogen-bond acceptors (Lipinski definition) is 6. The number of hydrogen-bond donors (Lipinski definition) is 0. The number of fused-ring (bicyclic) bond motifs is 1. The lowest BCUT2D eigenvalue weighted by Gasteiger charge is -2.18. The van der Waals surface area contributed by atoms with Crippen LogP contribution in [-0.4, -0.2) is 43.9 Å². The number of carbonyl (C=O) groups is 1. The molecule has 0 N–H and O–H groups in total. The van der Waals surface area contributed by atoms with Crippen LogP contribution in [0.3, 0.4) is 0 Å². The van der Waals surface area contributed by atoms with E-state index in [0.717, 1.165) is 39.5 Å². The number of benzene rings is 2. The topological polar surface area (TPSA) is 71.8 Å². The van der Waals surface area contributed by atoms with Crippen LogP contribution in [0.25, 0.3) is 22.0 Å². The molecule has 0 saturated heterocycles. The van der Waals surface area contributed by atoms with Gasteiger partial charge < -0.3 is 23.5 Å². The highest BCUT2D eigenvalue weighted by molar-refractivity contribution is 6.76. The van der Waals surface area contributed by atoms with Crippen molar-refractivity contribution in [2.24, 2.45) is 0 Å².